The predicted molar refractivity (Wildman–Crippen MR) is 76.9 cm³/mol. The molecule has 0 N–H and O–H groups in total. The number of carbonyl (C=O) groups is 1. The molecule has 1 rings (SSSR count). The minimum absolute atomic E-state index is 0.219. The van der Waals surface area contributed by atoms with E-state index in [4.69, 9.17) is 0 Å². The fourth-order valence-electron chi connectivity index (χ4n) is 1.54. The third-order valence-electron chi connectivity index (χ3n) is 2.69. The van der Waals surface area contributed by atoms with E-state index >= 15 is 0 Å². The number of esters is 1. The van der Waals surface area contributed by atoms with Gasteiger partial charge < -0.3 is 4.74 Å². The molecule has 0 heterocycles. The molecule has 1 aromatic carbocycles. The molecule has 0 saturated heterocycles. The number of carbonyl (C=O) groups excluding carboxylic acids is 1. The Morgan fingerprint density at radius 3 is 2.53 bits per heavy atom. The standard InChI is InChI=1S/C15H20N2O2/c1-5-14(15(18)19-4)16-17(6-2)11-13-9-7-12(3)8-10-13/h5,7-10H,1,6,11H2,2-4H3/b16-14+. The van der Waals surface area contributed by atoms with E-state index in [0.717, 1.165) is 5.56 Å². The molecule has 4 heteroatoms. The molecule has 0 aliphatic carbocycles. The van der Waals surface area contributed by atoms with Gasteiger partial charge in [0.15, 0.2) is 5.71 Å². The Labute approximate surface area is 114 Å². The molecule has 0 amide bonds. The summed E-state index contributed by atoms with van der Waals surface area (Å²) in [7, 11) is 1.33. The summed E-state index contributed by atoms with van der Waals surface area (Å²) >= 11 is 0. The molecule has 0 unspecified atom stereocenters. The van der Waals surface area contributed by atoms with Crippen LogP contribution in [0.2, 0.25) is 0 Å². The minimum atomic E-state index is -0.475. The highest BCUT2D eigenvalue weighted by atomic mass is 16.5. The van der Waals surface area contributed by atoms with E-state index in [0.29, 0.717) is 13.1 Å². The summed E-state index contributed by atoms with van der Waals surface area (Å²) in [5, 5.41) is 6.06. The number of hydrogen-bond donors (Lipinski definition) is 0. The van der Waals surface area contributed by atoms with Crippen molar-refractivity contribution in [3.63, 3.8) is 0 Å². The van der Waals surface area contributed by atoms with E-state index in [1.165, 1.54) is 18.7 Å². The molecular weight excluding hydrogens is 240 g/mol. The van der Waals surface area contributed by atoms with Crippen molar-refractivity contribution in [2.75, 3.05) is 13.7 Å². The van der Waals surface area contributed by atoms with Gasteiger partial charge in [-0.1, -0.05) is 36.4 Å². The van der Waals surface area contributed by atoms with E-state index in [1.54, 1.807) is 5.01 Å². The Morgan fingerprint density at radius 2 is 2.05 bits per heavy atom. The van der Waals surface area contributed by atoms with Gasteiger partial charge in [-0.25, -0.2) is 4.79 Å². The van der Waals surface area contributed by atoms with Crippen LogP contribution in [0.4, 0.5) is 0 Å². The van der Waals surface area contributed by atoms with Crippen LogP contribution >= 0.6 is 0 Å². The molecule has 0 bridgehead atoms. The van der Waals surface area contributed by atoms with Crippen molar-refractivity contribution < 1.29 is 9.53 Å². The molecule has 0 aliphatic rings. The van der Waals surface area contributed by atoms with Crippen LogP contribution in [-0.4, -0.2) is 30.3 Å². The Bertz CT molecular complexity index is 464. The number of methoxy groups -OCH3 is 1. The zero-order valence-corrected chi connectivity index (χ0v) is 11.7. The van der Waals surface area contributed by atoms with Gasteiger partial charge in [-0.05, 0) is 25.5 Å². The first kappa shape index (κ1) is 15.0. The van der Waals surface area contributed by atoms with Crippen molar-refractivity contribution in [1.29, 1.82) is 0 Å². The van der Waals surface area contributed by atoms with Crippen molar-refractivity contribution >= 4 is 11.7 Å². The Balaban J connectivity index is 2.83. The van der Waals surface area contributed by atoms with E-state index in [-0.39, 0.29) is 5.71 Å². The van der Waals surface area contributed by atoms with E-state index in [1.807, 2.05) is 13.8 Å². The van der Waals surface area contributed by atoms with Gasteiger partial charge in [0.2, 0.25) is 0 Å². The summed E-state index contributed by atoms with van der Waals surface area (Å²) < 4.78 is 4.65. The van der Waals surface area contributed by atoms with Crippen molar-refractivity contribution in [1.82, 2.24) is 5.01 Å². The summed E-state index contributed by atoms with van der Waals surface area (Å²) in [4.78, 5) is 11.4. The lowest BCUT2D eigenvalue weighted by Crippen LogP contribution is -2.22. The molecule has 102 valence electrons. The van der Waals surface area contributed by atoms with Gasteiger partial charge in [-0.3, -0.25) is 5.01 Å². The number of nitrogens with zero attached hydrogens (tertiary/aromatic N) is 2. The van der Waals surface area contributed by atoms with Crippen LogP contribution in [0.1, 0.15) is 18.1 Å². The van der Waals surface area contributed by atoms with Crippen LogP contribution in [0, 0.1) is 6.92 Å². The molecule has 1 aromatic rings. The van der Waals surface area contributed by atoms with Gasteiger partial charge in [-0.2, -0.15) is 5.10 Å². The average molecular weight is 260 g/mol. The minimum Gasteiger partial charge on any atom is -0.464 e. The normalized spacial score (nSPS) is 11.0. The third-order valence-corrected chi connectivity index (χ3v) is 2.69. The zero-order chi connectivity index (χ0) is 14.3. The fraction of sp³-hybridized carbons (Fsp3) is 0.333. The first-order chi connectivity index (χ1) is 9.10. The Kier molecular flexibility index (Phi) is 5.79. The molecule has 0 aromatic heterocycles. The summed E-state index contributed by atoms with van der Waals surface area (Å²) in [6, 6.07) is 8.22. The molecular formula is C15H20N2O2. The van der Waals surface area contributed by atoms with Crippen LogP contribution < -0.4 is 0 Å². The second-order valence-corrected chi connectivity index (χ2v) is 4.15. The van der Waals surface area contributed by atoms with E-state index in [9.17, 15) is 4.79 Å². The first-order valence-corrected chi connectivity index (χ1v) is 6.20. The summed E-state index contributed by atoms with van der Waals surface area (Å²) in [5.74, 6) is -0.475. The highest BCUT2D eigenvalue weighted by Gasteiger charge is 2.10. The van der Waals surface area contributed by atoms with Crippen LogP contribution in [0.15, 0.2) is 42.0 Å². The number of hydrazone groups is 1. The number of rotatable bonds is 6. The molecule has 0 fully saturated rings. The lowest BCUT2D eigenvalue weighted by molar-refractivity contribution is -0.132. The number of aryl methyl sites for hydroxylation is 1. The number of benzene rings is 1. The van der Waals surface area contributed by atoms with Crippen LogP contribution in [0.5, 0.6) is 0 Å². The van der Waals surface area contributed by atoms with Gasteiger partial charge in [0, 0.05) is 6.54 Å². The summed E-state index contributed by atoms with van der Waals surface area (Å²) in [5.41, 5.74) is 2.58. The maximum atomic E-state index is 11.4. The average Bonchev–Trinajstić information content (AvgIpc) is 2.44. The largest absolute Gasteiger partial charge is 0.464 e. The van der Waals surface area contributed by atoms with Crippen molar-refractivity contribution in [3.8, 4) is 0 Å². The van der Waals surface area contributed by atoms with Crippen molar-refractivity contribution in [2.24, 2.45) is 5.10 Å². The van der Waals surface area contributed by atoms with Gasteiger partial charge in [-0.15, -0.1) is 0 Å². The van der Waals surface area contributed by atoms with Gasteiger partial charge in [0.05, 0.1) is 13.7 Å². The van der Waals surface area contributed by atoms with Crippen molar-refractivity contribution in [2.45, 2.75) is 20.4 Å². The van der Waals surface area contributed by atoms with Crippen LogP contribution in [-0.2, 0) is 16.1 Å². The van der Waals surface area contributed by atoms with Gasteiger partial charge >= 0.3 is 5.97 Å². The molecule has 0 atom stereocenters. The van der Waals surface area contributed by atoms with Crippen LogP contribution in [0.3, 0.4) is 0 Å². The third kappa shape index (κ3) is 4.58. The molecule has 19 heavy (non-hydrogen) atoms. The monoisotopic (exact) mass is 260 g/mol. The SMILES string of the molecule is C=C/C(=N\N(CC)Cc1ccc(C)cc1)C(=O)OC. The topological polar surface area (TPSA) is 41.9 Å². The Hall–Kier alpha value is -2.10. The Morgan fingerprint density at radius 1 is 1.42 bits per heavy atom. The molecule has 0 radical (unpaired) electrons. The van der Waals surface area contributed by atoms with Gasteiger partial charge in [0.25, 0.3) is 0 Å². The molecule has 0 aliphatic heterocycles. The quantitative estimate of drug-likeness (QED) is 0.448. The first-order valence-electron chi connectivity index (χ1n) is 6.20. The summed E-state index contributed by atoms with van der Waals surface area (Å²) in [6.07, 6.45) is 1.41. The van der Waals surface area contributed by atoms with Gasteiger partial charge in [0.1, 0.15) is 0 Å². The lowest BCUT2D eigenvalue weighted by Gasteiger charge is -2.18. The highest BCUT2D eigenvalue weighted by molar-refractivity contribution is 6.40. The number of ether oxygens (including phenoxy) is 1. The van der Waals surface area contributed by atoms with E-state index in [2.05, 4.69) is 40.7 Å². The summed E-state index contributed by atoms with van der Waals surface area (Å²) in [6.45, 7) is 8.95. The number of hydrogen-bond acceptors (Lipinski definition) is 4. The lowest BCUT2D eigenvalue weighted by atomic mass is 10.1. The highest BCUT2D eigenvalue weighted by Crippen LogP contribution is 2.07. The second kappa shape index (κ2) is 7.36. The maximum absolute atomic E-state index is 11.4. The fourth-order valence-corrected chi connectivity index (χ4v) is 1.54. The van der Waals surface area contributed by atoms with E-state index < -0.39 is 5.97 Å². The smallest absolute Gasteiger partial charge is 0.358 e. The molecule has 0 saturated carbocycles. The second-order valence-electron chi connectivity index (χ2n) is 4.15. The zero-order valence-electron chi connectivity index (χ0n) is 11.7. The predicted octanol–water partition coefficient (Wildman–Crippen LogP) is 2.53. The molecule has 4 nitrogen and oxygen atoms in total. The molecule has 0 spiro atoms. The van der Waals surface area contributed by atoms with Crippen LogP contribution in [0.25, 0.3) is 0 Å². The maximum Gasteiger partial charge on any atom is 0.358 e. The van der Waals surface area contributed by atoms with Crippen molar-refractivity contribution in [3.05, 3.63) is 48.0 Å².